The van der Waals surface area contributed by atoms with Crippen LogP contribution in [0, 0.1) is 23.7 Å². The van der Waals surface area contributed by atoms with E-state index >= 15 is 0 Å². The van der Waals surface area contributed by atoms with E-state index in [1.165, 1.54) is 173 Å². The van der Waals surface area contributed by atoms with Gasteiger partial charge in [-0.15, -0.1) is 0 Å². The van der Waals surface area contributed by atoms with Gasteiger partial charge >= 0.3 is 39.5 Å². The number of phosphoric acid groups is 2. The lowest BCUT2D eigenvalue weighted by Gasteiger charge is -2.21. The lowest BCUT2D eigenvalue weighted by atomic mass is 9.99. The summed E-state index contributed by atoms with van der Waals surface area (Å²) < 4.78 is 68.5. The zero-order valence-electron chi connectivity index (χ0n) is 61.6. The van der Waals surface area contributed by atoms with Gasteiger partial charge in [0, 0.05) is 25.7 Å². The molecule has 0 aromatic rings. The minimum absolute atomic E-state index is 0.104. The minimum Gasteiger partial charge on any atom is -0.462 e. The monoisotopic (exact) mass is 1380 g/mol. The molecule has 0 aliphatic rings. The first-order valence-corrected chi connectivity index (χ1v) is 41.8. The number of ether oxygens (including phenoxy) is 4. The van der Waals surface area contributed by atoms with Crippen molar-refractivity contribution in [1.82, 2.24) is 0 Å². The second kappa shape index (κ2) is 64.4. The number of aliphatic hydroxyl groups is 1. The van der Waals surface area contributed by atoms with Gasteiger partial charge in [-0.2, -0.15) is 0 Å². The number of hydrogen-bond acceptors (Lipinski definition) is 15. The average molecular weight is 1380 g/mol. The average Bonchev–Trinajstić information content (AvgIpc) is 1.81. The second-order valence-electron chi connectivity index (χ2n) is 28.5. The molecule has 0 fully saturated rings. The third kappa shape index (κ3) is 66.0. The molecule has 4 unspecified atom stereocenters. The van der Waals surface area contributed by atoms with E-state index in [1.54, 1.807) is 0 Å². The maximum absolute atomic E-state index is 13.1. The van der Waals surface area contributed by atoms with Crippen LogP contribution >= 0.6 is 15.6 Å². The molecule has 0 aliphatic heterocycles. The molecule has 19 heteroatoms. The van der Waals surface area contributed by atoms with Crippen molar-refractivity contribution < 1.29 is 80.2 Å². The van der Waals surface area contributed by atoms with Crippen molar-refractivity contribution in [3.8, 4) is 0 Å². The van der Waals surface area contributed by atoms with Crippen LogP contribution in [0.5, 0.6) is 0 Å². The Balaban J connectivity index is 5.24. The largest absolute Gasteiger partial charge is 0.472 e. The number of hydrogen-bond donors (Lipinski definition) is 3. The molecule has 17 nitrogen and oxygen atoms in total. The lowest BCUT2D eigenvalue weighted by molar-refractivity contribution is -0.161. The quantitative estimate of drug-likeness (QED) is 0.0222. The Labute approximate surface area is 575 Å². The van der Waals surface area contributed by atoms with Crippen LogP contribution < -0.4 is 0 Å². The number of carbonyl (C=O) groups excluding carboxylic acids is 4. The standard InChI is InChI=1S/C75H146O17P2/c1-9-67(7)53-45-37-29-25-26-32-42-50-58-75(80)92-70(61-85-72(77)55-47-39-30-23-20-16-18-22-28-36-44-52-66(5)6)63-89-93(81,82)87-59-69(76)60-88-94(83,84)90-64-71(62-86-73(78)56-48-40-34-33-38-46-54-68(8)10-2)91-74(79)57-49-41-31-24-19-15-13-11-12-14-17-21-27-35-43-51-65(3)4/h65-71,76H,9-64H2,1-8H3,(H,81,82)(H,83,84)/t67?,68?,69-,70-,71-/m1/s1. The first-order chi connectivity index (χ1) is 45.2. The summed E-state index contributed by atoms with van der Waals surface area (Å²) in [5.74, 6) is 0.950. The fraction of sp³-hybridized carbons (Fsp3) is 0.947. The summed E-state index contributed by atoms with van der Waals surface area (Å²) in [6.07, 6.45) is 48.5. The van der Waals surface area contributed by atoms with Crippen LogP contribution in [0.1, 0.15) is 376 Å². The highest BCUT2D eigenvalue weighted by Gasteiger charge is 2.30. The van der Waals surface area contributed by atoms with Crippen molar-refractivity contribution in [3.05, 3.63) is 0 Å². The van der Waals surface area contributed by atoms with Gasteiger partial charge in [0.25, 0.3) is 0 Å². The SMILES string of the molecule is CCC(C)CCCCCCCCCCC(=O)O[C@H](COC(=O)CCCCCCCCCCCCCC(C)C)COP(=O)(O)OC[C@@H](O)COP(=O)(O)OC[C@@H](COC(=O)CCCCCCCCC(C)CC)OC(=O)CCCCCCCCCCCCCCCCCC(C)C. The van der Waals surface area contributed by atoms with Gasteiger partial charge in [0.05, 0.1) is 26.4 Å². The first-order valence-electron chi connectivity index (χ1n) is 38.8. The number of esters is 4. The van der Waals surface area contributed by atoms with Gasteiger partial charge in [0.1, 0.15) is 19.3 Å². The second-order valence-corrected chi connectivity index (χ2v) is 31.4. The zero-order chi connectivity index (χ0) is 69.6. The molecule has 0 spiro atoms. The smallest absolute Gasteiger partial charge is 0.462 e. The molecule has 0 saturated heterocycles. The van der Waals surface area contributed by atoms with Crippen LogP contribution in [-0.2, 0) is 65.4 Å². The van der Waals surface area contributed by atoms with E-state index in [-0.39, 0.29) is 25.7 Å². The summed E-state index contributed by atoms with van der Waals surface area (Å²) in [5.41, 5.74) is 0. The highest BCUT2D eigenvalue weighted by Crippen LogP contribution is 2.45. The number of unbranched alkanes of at least 4 members (excludes halogenated alkanes) is 36. The molecule has 7 atom stereocenters. The molecule has 0 aromatic heterocycles. The van der Waals surface area contributed by atoms with E-state index in [2.05, 4.69) is 55.4 Å². The molecular weight excluding hydrogens is 1230 g/mol. The molecule has 0 saturated carbocycles. The number of phosphoric ester groups is 2. The minimum atomic E-state index is -4.96. The van der Waals surface area contributed by atoms with Gasteiger partial charge in [-0.1, -0.05) is 325 Å². The highest BCUT2D eigenvalue weighted by molar-refractivity contribution is 7.47. The van der Waals surface area contributed by atoms with Gasteiger partial charge in [0.15, 0.2) is 12.2 Å². The van der Waals surface area contributed by atoms with E-state index in [4.69, 9.17) is 37.0 Å². The number of carbonyl (C=O) groups is 4. The molecule has 0 radical (unpaired) electrons. The Bertz CT molecular complexity index is 1850. The van der Waals surface area contributed by atoms with E-state index in [0.29, 0.717) is 25.7 Å². The van der Waals surface area contributed by atoms with Crippen molar-refractivity contribution in [2.75, 3.05) is 39.6 Å². The van der Waals surface area contributed by atoms with Crippen LogP contribution in [0.4, 0.5) is 0 Å². The number of rotatable bonds is 72. The summed E-state index contributed by atoms with van der Waals surface area (Å²) in [5, 5.41) is 10.6. The van der Waals surface area contributed by atoms with Gasteiger partial charge in [0.2, 0.25) is 0 Å². The van der Waals surface area contributed by atoms with E-state index in [9.17, 15) is 43.2 Å². The molecule has 0 aromatic carbocycles. The van der Waals surface area contributed by atoms with E-state index < -0.39 is 97.5 Å². The van der Waals surface area contributed by atoms with Crippen molar-refractivity contribution >= 4 is 39.5 Å². The summed E-state index contributed by atoms with van der Waals surface area (Å²) in [7, 11) is -9.91. The van der Waals surface area contributed by atoms with Crippen molar-refractivity contribution in [1.29, 1.82) is 0 Å². The molecule has 3 N–H and O–H groups in total. The first kappa shape index (κ1) is 92.1. The fourth-order valence-electron chi connectivity index (χ4n) is 11.3. The Hall–Kier alpha value is -1.94. The van der Waals surface area contributed by atoms with Crippen LogP contribution in [0.15, 0.2) is 0 Å². The molecule has 558 valence electrons. The lowest BCUT2D eigenvalue weighted by Crippen LogP contribution is -2.30. The summed E-state index contributed by atoms with van der Waals surface area (Å²) in [6.45, 7) is 14.2. The topological polar surface area (TPSA) is 237 Å². The maximum atomic E-state index is 13.1. The predicted octanol–water partition coefficient (Wildman–Crippen LogP) is 21.7. The number of aliphatic hydroxyl groups excluding tert-OH is 1. The Morgan fingerprint density at radius 3 is 0.755 bits per heavy atom. The fourth-order valence-corrected chi connectivity index (χ4v) is 12.9. The van der Waals surface area contributed by atoms with Crippen LogP contribution in [0.3, 0.4) is 0 Å². The van der Waals surface area contributed by atoms with E-state index in [0.717, 1.165) is 120 Å². The van der Waals surface area contributed by atoms with Gasteiger partial charge in [-0.25, -0.2) is 9.13 Å². The van der Waals surface area contributed by atoms with Crippen LogP contribution in [0.2, 0.25) is 0 Å². The molecule has 0 bridgehead atoms. The summed E-state index contributed by atoms with van der Waals surface area (Å²) in [4.78, 5) is 72.8. The highest BCUT2D eigenvalue weighted by atomic mass is 31.2. The predicted molar refractivity (Wildman–Crippen MR) is 381 cm³/mol. The summed E-state index contributed by atoms with van der Waals surface area (Å²) in [6, 6.07) is 0. The van der Waals surface area contributed by atoms with Gasteiger partial charge < -0.3 is 33.8 Å². The Kier molecular flexibility index (Phi) is 63.1. The normalized spacial score (nSPS) is 14.7. The van der Waals surface area contributed by atoms with Crippen LogP contribution in [-0.4, -0.2) is 96.7 Å². The maximum Gasteiger partial charge on any atom is 0.472 e. The van der Waals surface area contributed by atoms with Gasteiger partial charge in [-0.3, -0.25) is 37.3 Å². The molecule has 0 amide bonds. The molecule has 0 heterocycles. The Morgan fingerprint density at radius 1 is 0.298 bits per heavy atom. The molecule has 0 rings (SSSR count). The van der Waals surface area contributed by atoms with Crippen LogP contribution in [0.25, 0.3) is 0 Å². The molecular formula is C75H146O17P2. The third-order valence-corrected chi connectivity index (χ3v) is 19.9. The third-order valence-electron chi connectivity index (χ3n) is 18.0. The Morgan fingerprint density at radius 2 is 0.511 bits per heavy atom. The van der Waals surface area contributed by atoms with Crippen molar-refractivity contribution in [2.45, 2.75) is 395 Å². The zero-order valence-corrected chi connectivity index (χ0v) is 63.4. The molecule has 94 heavy (non-hydrogen) atoms. The van der Waals surface area contributed by atoms with Crippen molar-refractivity contribution in [2.24, 2.45) is 23.7 Å². The molecule has 0 aliphatic carbocycles. The van der Waals surface area contributed by atoms with Gasteiger partial charge in [-0.05, 0) is 49.4 Å². The summed E-state index contributed by atoms with van der Waals surface area (Å²) >= 11 is 0. The van der Waals surface area contributed by atoms with Crippen molar-refractivity contribution in [3.63, 3.8) is 0 Å². The van der Waals surface area contributed by atoms with E-state index in [1.807, 2.05) is 0 Å².